The van der Waals surface area contributed by atoms with Crippen molar-refractivity contribution in [1.29, 1.82) is 0 Å². The fourth-order valence-electron chi connectivity index (χ4n) is 2.91. The van der Waals surface area contributed by atoms with E-state index in [0.717, 1.165) is 36.0 Å². The van der Waals surface area contributed by atoms with Crippen LogP contribution in [0.25, 0.3) is 0 Å². The number of thiazole rings is 1. The monoisotopic (exact) mass is 302 g/mol. The third-order valence-electron chi connectivity index (χ3n) is 4.30. The molecule has 0 aromatic carbocycles. The van der Waals surface area contributed by atoms with Gasteiger partial charge in [0.25, 0.3) is 5.91 Å². The van der Waals surface area contributed by atoms with Gasteiger partial charge < -0.3 is 9.88 Å². The van der Waals surface area contributed by atoms with E-state index < -0.39 is 0 Å². The van der Waals surface area contributed by atoms with Crippen molar-refractivity contribution in [3.05, 3.63) is 34.6 Å². The van der Waals surface area contributed by atoms with Crippen LogP contribution < -0.4 is 10.6 Å². The van der Waals surface area contributed by atoms with Gasteiger partial charge in [0.05, 0.1) is 5.69 Å². The Morgan fingerprint density at radius 2 is 2.38 bits per heavy atom. The SMILES string of the molecule is O=C(Nc1nc2c(s1)CNCC2)c1cccn1C1CCC1. The molecule has 2 N–H and O–H groups in total. The first-order valence-corrected chi connectivity index (χ1v) is 8.30. The van der Waals surface area contributed by atoms with Gasteiger partial charge in [0, 0.05) is 36.6 Å². The molecule has 2 aromatic rings. The summed E-state index contributed by atoms with van der Waals surface area (Å²) in [5.74, 6) is -0.0500. The van der Waals surface area contributed by atoms with Crippen LogP contribution in [-0.2, 0) is 13.0 Å². The van der Waals surface area contributed by atoms with E-state index in [9.17, 15) is 4.79 Å². The molecule has 2 aromatic heterocycles. The van der Waals surface area contributed by atoms with Gasteiger partial charge in [-0.2, -0.15) is 0 Å². The minimum atomic E-state index is -0.0500. The molecule has 1 amide bonds. The van der Waals surface area contributed by atoms with Crippen LogP contribution in [0.1, 0.15) is 46.4 Å². The summed E-state index contributed by atoms with van der Waals surface area (Å²) in [5, 5.41) is 7.01. The maximum Gasteiger partial charge on any atom is 0.274 e. The van der Waals surface area contributed by atoms with Crippen molar-refractivity contribution >= 4 is 22.4 Å². The summed E-state index contributed by atoms with van der Waals surface area (Å²) in [5.41, 5.74) is 1.87. The second-order valence-corrected chi connectivity index (χ2v) is 6.74. The van der Waals surface area contributed by atoms with E-state index in [4.69, 9.17) is 0 Å². The van der Waals surface area contributed by atoms with Gasteiger partial charge in [0.1, 0.15) is 5.69 Å². The first kappa shape index (κ1) is 13.0. The minimum Gasteiger partial charge on any atom is -0.340 e. The number of rotatable bonds is 3. The van der Waals surface area contributed by atoms with E-state index in [-0.39, 0.29) is 5.91 Å². The molecule has 2 aliphatic rings. The van der Waals surface area contributed by atoms with Gasteiger partial charge in [0.15, 0.2) is 5.13 Å². The lowest BCUT2D eigenvalue weighted by molar-refractivity contribution is 0.101. The van der Waals surface area contributed by atoms with Crippen molar-refractivity contribution in [3.63, 3.8) is 0 Å². The van der Waals surface area contributed by atoms with Crippen molar-refractivity contribution in [2.75, 3.05) is 11.9 Å². The molecule has 1 aliphatic carbocycles. The molecule has 21 heavy (non-hydrogen) atoms. The zero-order chi connectivity index (χ0) is 14.2. The number of hydrogen-bond acceptors (Lipinski definition) is 4. The Balaban J connectivity index is 1.53. The molecule has 0 bridgehead atoms. The second-order valence-electron chi connectivity index (χ2n) is 5.66. The van der Waals surface area contributed by atoms with Crippen molar-refractivity contribution < 1.29 is 4.79 Å². The summed E-state index contributed by atoms with van der Waals surface area (Å²) in [6.07, 6.45) is 6.56. The number of carbonyl (C=O) groups excluding carboxylic acids is 1. The molecule has 0 radical (unpaired) electrons. The van der Waals surface area contributed by atoms with Gasteiger partial charge in [0.2, 0.25) is 0 Å². The third kappa shape index (κ3) is 2.38. The van der Waals surface area contributed by atoms with Crippen LogP contribution in [0.4, 0.5) is 5.13 Å². The predicted molar refractivity (Wildman–Crippen MR) is 82.8 cm³/mol. The lowest BCUT2D eigenvalue weighted by Crippen LogP contribution is -2.23. The molecule has 0 saturated heterocycles. The van der Waals surface area contributed by atoms with Crippen molar-refractivity contribution in [1.82, 2.24) is 14.9 Å². The highest BCUT2D eigenvalue weighted by Gasteiger charge is 2.24. The van der Waals surface area contributed by atoms with Crippen LogP contribution in [0, 0.1) is 0 Å². The molecular formula is C15H18N4OS. The van der Waals surface area contributed by atoms with Crippen LogP contribution >= 0.6 is 11.3 Å². The average molecular weight is 302 g/mol. The maximum absolute atomic E-state index is 12.5. The first-order chi connectivity index (χ1) is 10.3. The van der Waals surface area contributed by atoms with E-state index in [1.54, 1.807) is 11.3 Å². The van der Waals surface area contributed by atoms with Crippen LogP contribution in [0.5, 0.6) is 0 Å². The fourth-order valence-corrected chi connectivity index (χ4v) is 3.88. The summed E-state index contributed by atoms with van der Waals surface area (Å²) in [6, 6.07) is 4.33. The number of amides is 1. The zero-order valence-electron chi connectivity index (χ0n) is 11.8. The standard InChI is InChI=1S/C15H18N4OS/c20-14(12-5-2-8-19(12)10-3-1-4-10)18-15-17-11-6-7-16-9-13(11)21-15/h2,5,8,10,16H,1,3-4,6-7,9H2,(H,17,18,20). The minimum absolute atomic E-state index is 0.0500. The number of nitrogens with one attached hydrogen (secondary N) is 2. The van der Waals surface area contributed by atoms with Crippen molar-refractivity contribution in [2.45, 2.75) is 38.3 Å². The molecule has 6 heteroatoms. The summed E-state index contributed by atoms with van der Waals surface area (Å²) >= 11 is 1.58. The first-order valence-electron chi connectivity index (χ1n) is 7.49. The topological polar surface area (TPSA) is 59.0 Å². The molecule has 0 spiro atoms. The highest BCUT2D eigenvalue weighted by molar-refractivity contribution is 7.15. The van der Waals surface area contributed by atoms with Crippen molar-refractivity contribution in [2.24, 2.45) is 0 Å². The molecule has 1 fully saturated rings. The van der Waals surface area contributed by atoms with E-state index in [0.29, 0.717) is 6.04 Å². The highest BCUT2D eigenvalue weighted by atomic mass is 32.1. The van der Waals surface area contributed by atoms with Crippen LogP contribution in [0.2, 0.25) is 0 Å². The van der Waals surface area contributed by atoms with E-state index >= 15 is 0 Å². The Bertz CT molecular complexity index is 648. The average Bonchev–Trinajstić information content (AvgIpc) is 3.02. The number of carbonyl (C=O) groups is 1. The summed E-state index contributed by atoms with van der Waals surface area (Å²) in [6.45, 7) is 1.83. The molecule has 110 valence electrons. The zero-order valence-corrected chi connectivity index (χ0v) is 12.6. The number of aromatic nitrogens is 2. The smallest absolute Gasteiger partial charge is 0.274 e. The highest BCUT2D eigenvalue weighted by Crippen LogP contribution is 2.33. The summed E-state index contributed by atoms with van der Waals surface area (Å²) in [7, 11) is 0. The maximum atomic E-state index is 12.5. The molecule has 4 rings (SSSR count). The summed E-state index contributed by atoms with van der Waals surface area (Å²) in [4.78, 5) is 18.3. The lowest BCUT2D eigenvalue weighted by atomic mass is 9.93. The van der Waals surface area contributed by atoms with Crippen LogP contribution in [0.15, 0.2) is 18.3 Å². The normalized spacial score (nSPS) is 18.1. The van der Waals surface area contributed by atoms with Gasteiger partial charge in [-0.25, -0.2) is 4.98 Å². The van der Waals surface area contributed by atoms with E-state index in [1.807, 2.05) is 18.3 Å². The molecule has 1 aliphatic heterocycles. The molecular weight excluding hydrogens is 284 g/mol. The Morgan fingerprint density at radius 3 is 3.14 bits per heavy atom. The molecule has 0 unspecified atom stereocenters. The lowest BCUT2D eigenvalue weighted by Gasteiger charge is -2.28. The molecule has 3 heterocycles. The number of anilines is 1. The number of fused-ring (bicyclic) bond motifs is 1. The Hall–Kier alpha value is -1.66. The second kappa shape index (κ2) is 5.27. The van der Waals surface area contributed by atoms with Gasteiger partial charge in [-0.3, -0.25) is 10.1 Å². The fraction of sp³-hybridized carbons (Fsp3) is 0.467. The largest absolute Gasteiger partial charge is 0.340 e. The third-order valence-corrected chi connectivity index (χ3v) is 5.32. The van der Waals surface area contributed by atoms with E-state index in [1.165, 1.54) is 24.1 Å². The molecule has 0 atom stereocenters. The van der Waals surface area contributed by atoms with Crippen LogP contribution in [-0.4, -0.2) is 22.0 Å². The number of hydrogen-bond donors (Lipinski definition) is 2. The van der Waals surface area contributed by atoms with Crippen molar-refractivity contribution in [3.8, 4) is 0 Å². The van der Waals surface area contributed by atoms with Crippen LogP contribution in [0.3, 0.4) is 0 Å². The molecule has 1 saturated carbocycles. The Labute approximate surface area is 127 Å². The van der Waals surface area contributed by atoms with Gasteiger partial charge >= 0.3 is 0 Å². The van der Waals surface area contributed by atoms with Gasteiger partial charge in [-0.05, 0) is 31.4 Å². The Kier molecular flexibility index (Phi) is 3.27. The van der Waals surface area contributed by atoms with Gasteiger partial charge in [-0.1, -0.05) is 0 Å². The predicted octanol–water partition coefficient (Wildman–Crippen LogP) is 2.57. The summed E-state index contributed by atoms with van der Waals surface area (Å²) < 4.78 is 2.11. The quantitative estimate of drug-likeness (QED) is 0.916. The van der Waals surface area contributed by atoms with E-state index in [2.05, 4.69) is 20.2 Å². The number of nitrogens with zero attached hydrogens (tertiary/aromatic N) is 2. The Morgan fingerprint density at radius 1 is 1.48 bits per heavy atom. The van der Waals surface area contributed by atoms with Gasteiger partial charge in [-0.15, -0.1) is 11.3 Å². The molecule has 5 nitrogen and oxygen atoms in total.